The third-order valence-corrected chi connectivity index (χ3v) is 6.93. The maximum Gasteiger partial charge on any atom is 0.263 e. The number of hydrogen-bond donors (Lipinski definition) is 2. The zero-order valence-corrected chi connectivity index (χ0v) is 17.0. The molecule has 0 saturated carbocycles. The summed E-state index contributed by atoms with van der Waals surface area (Å²) in [5, 5.41) is 7.14. The van der Waals surface area contributed by atoms with Crippen LogP contribution in [0.1, 0.15) is 17.6 Å². The molecule has 0 spiro atoms. The van der Waals surface area contributed by atoms with E-state index in [1.165, 1.54) is 12.1 Å². The average Bonchev–Trinajstić information content (AvgIpc) is 2.89. The first-order valence-electron chi connectivity index (χ1n) is 9.87. The summed E-state index contributed by atoms with van der Waals surface area (Å²) in [6.07, 6.45) is -2.55. The summed E-state index contributed by atoms with van der Waals surface area (Å²) in [7, 11) is 0. The van der Waals surface area contributed by atoms with Gasteiger partial charge in [-0.25, -0.2) is 13.8 Å². The van der Waals surface area contributed by atoms with Crippen LogP contribution in [0.5, 0.6) is 0 Å². The molecule has 0 radical (unpaired) electrons. The van der Waals surface area contributed by atoms with E-state index < -0.39 is 17.6 Å². The number of benzene rings is 2. The highest BCUT2D eigenvalue weighted by Crippen LogP contribution is 2.31. The fourth-order valence-corrected chi connectivity index (χ4v) is 4.98. The molecule has 2 N–H and O–H groups in total. The molecule has 1 saturated heterocycles. The van der Waals surface area contributed by atoms with E-state index >= 15 is 0 Å². The monoisotopic (exact) mass is 429 g/mol. The molecule has 6 nitrogen and oxygen atoms in total. The largest absolute Gasteiger partial charge is 0.611 e. The van der Waals surface area contributed by atoms with E-state index in [9.17, 15) is 13.3 Å². The number of alkyl halides is 2. The van der Waals surface area contributed by atoms with Crippen LogP contribution in [0.15, 0.2) is 47.4 Å². The van der Waals surface area contributed by atoms with Gasteiger partial charge in [-0.1, -0.05) is 24.3 Å². The van der Waals surface area contributed by atoms with Crippen molar-refractivity contribution in [3.8, 4) is 0 Å². The Kier molecular flexibility index (Phi) is 5.18. The second-order valence-corrected chi connectivity index (χ2v) is 9.07. The van der Waals surface area contributed by atoms with Crippen molar-refractivity contribution in [3.63, 3.8) is 0 Å². The Morgan fingerprint density at radius 3 is 2.77 bits per heavy atom. The Labute approximate surface area is 175 Å². The minimum atomic E-state index is -2.55. The third-order valence-electron chi connectivity index (χ3n) is 5.49. The molecule has 1 aromatic heterocycles. The standard InChI is InChI=1S/C21H21F2N5OS/c22-19(23)13-5-6-17-16(9-13)20(25-15-10-24-11-15)27-21(26-17)28-7-8-30(29)18-4-2-1-3-14(18)12-28/h1-6,9,15,19,24H,7-8,10-12H2,(H,25,26,27). The quantitative estimate of drug-likeness (QED) is 0.621. The van der Waals surface area contributed by atoms with Crippen LogP contribution >= 0.6 is 0 Å². The Bertz CT molecular complexity index is 1080. The molecule has 5 rings (SSSR count). The molecule has 0 bridgehead atoms. The van der Waals surface area contributed by atoms with Crippen molar-refractivity contribution in [2.24, 2.45) is 0 Å². The van der Waals surface area contributed by atoms with E-state index in [4.69, 9.17) is 4.98 Å². The number of hydrogen-bond acceptors (Lipinski definition) is 6. The van der Waals surface area contributed by atoms with Crippen molar-refractivity contribution < 1.29 is 13.3 Å². The lowest BCUT2D eigenvalue weighted by molar-refractivity contribution is 0.151. The Morgan fingerprint density at radius 2 is 2.00 bits per heavy atom. The SMILES string of the molecule is [O-][S+]1CCN(c2nc(NC3CNC3)c3cc(C(F)F)ccc3n2)Cc2ccccc21. The second-order valence-electron chi connectivity index (χ2n) is 7.53. The zero-order valence-electron chi connectivity index (χ0n) is 16.1. The Morgan fingerprint density at radius 1 is 1.17 bits per heavy atom. The van der Waals surface area contributed by atoms with Gasteiger partial charge in [-0.3, -0.25) is 0 Å². The summed E-state index contributed by atoms with van der Waals surface area (Å²) in [5.74, 6) is 1.55. The van der Waals surface area contributed by atoms with Crippen LogP contribution in [0.25, 0.3) is 10.9 Å². The summed E-state index contributed by atoms with van der Waals surface area (Å²) in [5.41, 5.74) is 1.55. The zero-order chi connectivity index (χ0) is 20.7. The highest BCUT2D eigenvalue weighted by atomic mass is 32.2. The van der Waals surface area contributed by atoms with Crippen molar-refractivity contribution in [1.29, 1.82) is 0 Å². The molecule has 2 aromatic carbocycles. The molecule has 0 amide bonds. The highest BCUT2D eigenvalue weighted by Gasteiger charge is 2.26. The van der Waals surface area contributed by atoms with Gasteiger partial charge in [0.25, 0.3) is 6.43 Å². The Balaban J connectivity index is 1.56. The van der Waals surface area contributed by atoms with Gasteiger partial charge >= 0.3 is 0 Å². The van der Waals surface area contributed by atoms with Gasteiger partial charge < -0.3 is 20.1 Å². The van der Waals surface area contributed by atoms with Crippen LogP contribution in [-0.4, -0.2) is 45.9 Å². The van der Waals surface area contributed by atoms with E-state index in [1.807, 2.05) is 29.2 Å². The van der Waals surface area contributed by atoms with Gasteiger partial charge in [-0.05, 0) is 29.4 Å². The predicted octanol–water partition coefficient (Wildman–Crippen LogP) is 3.08. The van der Waals surface area contributed by atoms with Crippen LogP contribution in [0.3, 0.4) is 0 Å². The van der Waals surface area contributed by atoms with E-state index in [2.05, 4.69) is 15.6 Å². The van der Waals surface area contributed by atoms with Crippen molar-refractivity contribution in [2.45, 2.75) is 23.9 Å². The number of nitrogens with one attached hydrogen (secondary N) is 2. The first-order chi connectivity index (χ1) is 14.6. The summed E-state index contributed by atoms with van der Waals surface area (Å²) in [4.78, 5) is 12.2. The molecule has 2 aliphatic heterocycles. The molecule has 156 valence electrons. The smallest absolute Gasteiger partial charge is 0.263 e. The third kappa shape index (κ3) is 3.68. The lowest BCUT2D eigenvalue weighted by atomic mass is 10.1. The molecule has 1 atom stereocenters. The fourth-order valence-electron chi connectivity index (χ4n) is 3.72. The average molecular weight is 429 g/mol. The molecule has 9 heteroatoms. The van der Waals surface area contributed by atoms with E-state index in [0.29, 0.717) is 41.5 Å². The summed E-state index contributed by atoms with van der Waals surface area (Å²) in [6, 6.07) is 12.4. The fraction of sp³-hybridized carbons (Fsp3) is 0.333. The van der Waals surface area contributed by atoms with Crippen molar-refractivity contribution in [3.05, 3.63) is 53.6 Å². The summed E-state index contributed by atoms with van der Waals surface area (Å²) >= 11 is -1.07. The number of rotatable bonds is 4. The number of nitrogens with zero attached hydrogens (tertiary/aromatic N) is 3. The molecule has 3 heterocycles. The van der Waals surface area contributed by atoms with Crippen molar-refractivity contribution >= 4 is 33.8 Å². The molecule has 1 fully saturated rings. The maximum absolute atomic E-state index is 13.3. The van der Waals surface area contributed by atoms with Gasteiger partial charge in [0.1, 0.15) is 11.6 Å². The van der Waals surface area contributed by atoms with E-state index in [1.54, 1.807) is 6.07 Å². The van der Waals surface area contributed by atoms with Crippen LogP contribution in [0.2, 0.25) is 0 Å². The summed E-state index contributed by atoms with van der Waals surface area (Å²) < 4.78 is 39.1. The predicted molar refractivity (Wildman–Crippen MR) is 114 cm³/mol. The molecular weight excluding hydrogens is 408 g/mol. The van der Waals surface area contributed by atoms with Crippen LogP contribution in [-0.2, 0) is 17.7 Å². The topological polar surface area (TPSA) is 76.1 Å². The van der Waals surface area contributed by atoms with Gasteiger partial charge in [-0.15, -0.1) is 0 Å². The van der Waals surface area contributed by atoms with Crippen LogP contribution < -0.4 is 15.5 Å². The molecular formula is C21H21F2N5OS. The van der Waals surface area contributed by atoms with Crippen LogP contribution in [0, 0.1) is 0 Å². The maximum atomic E-state index is 13.3. The molecule has 1 unspecified atom stereocenters. The summed E-state index contributed by atoms with van der Waals surface area (Å²) in [6.45, 7) is 2.69. The lowest BCUT2D eigenvalue weighted by Gasteiger charge is -2.29. The van der Waals surface area contributed by atoms with Gasteiger partial charge in [0.15, 0.2) is 4.90 Å². The van der Waals surface area contributed by atoms with Crippen molar-refractivity contribution in [1.82, 2.24) is 15.3 Å². The number of aromatic nitrogens is 2. The normalized spacial score (nSPS) is 19.5. The van der Waals surface area contributed by atoms with Gasteiger partial charge in [0.2, 0.25) is 5.95 Å². The van der Waals surface area contributed by atoms with E-state index in [0.717, 1.165) is 23.5 Å². The molecule has 2 aliphatic rings. The second kappa shape index (κ2) is 7.98. The van der Waals surface area contributed by atoms with Crippen LogP contribution in [0.4, 0.5) is 20.5 Å². The lowest BCUT2D eigenvalue weighted by Crippen LogP contribution is -2.51. The van der Waals surface area contributed by atoms with Gasteiger partial charge in [0, 0.05) is 29.6 Å². The molecule has 30 heavy (non-hydrogen) atoms. The molecule has 3 aromatic rings. The first kappa shape index (κ1) is 19.5. The first-order valence-corrected chi connectivity index (χ1v) is 11.2. The number of anilines is 2. The van der Waals surface area contributed by atoms with E-state index in [-0.39, 0.29) is 11.6 Å². The number of halogens is 2. The van der Waals surface area contributed by atoms with Gasteiger partial charge in [-0.2, -0.15) is 4.98 Å². The van der Waals surface area contributed by atoms with Crippen molar-refractivity contribution in [2.75, 3.05) is 35.6 Å². The number of fused-ring (bicyclic) bond motifs is 2. The van der Waals surface area contributed by atoms with Gasteiger partial charge in [0.05, 0.1) is 24.6 Å². The minimum absolute atomic E-state index is 0.0484. The highest BCUT2D eigenvalue weighted by molar-refractivity contribution is 7.91. The minimum Gasteiger partial charge on any atom is -0.611 e. The Hall–Kier alpha value is -2.49. The molecule has 0 aliphatic carbocycles.